The summed E-state index contributed by atoms with van der Waals surface area (Å²) in [6, 6.07) is 5.54. The molecule has 0 bridgehead atoms. The number of nitrogens with zero attached hydrogens (tertiary/aromatic N) is 1. The van der Waals surface area contributed by atoms with Crippen molar-refractivity contribution in [3.05, 3.63) is 23.8 Å². The molecule has 0 aromatic heterocycles. The van der Waals surface area contributed by atoms with Crippen LogP contribution in [0.5, 0.6) is 11.5 Å². The maximum atomic E-state index is 12.1. The highest BCUT2D eigenvalue weighted by Crippen LogP contribution is 2.35. The van der Waals surface area contributed by atoms with Crippen LogP contribution in [0.4, 0.5) is 0 Å². The predicted octanol–water partition coefficient (Wildman–Crippen LogP) is 1.07. The Balaban J connectivity index is 2.36. The normalized spacial score (nSPS) is 14.2. The molecule has 98 valence electrons. The number of ether oxygens (including phenoxy) is 2. The lowest BCUT2D eigenvalue weighted by Crippen LogP contribution is -2.45. The van der Waals surface area contributed by atoms with Crippen LogP contribution >= 0.6 is 0 Å². The predicted molar refractivity (Wildman–Crippen MR) is 67.4 cm³/mol. The second-order valence-corrected chi connectivity index (χ2v) is 4.90. The lowest BCUT2D eigenvalue weighted by atomic mass is 9.83. The van der Waals surface area contributed by atoms with Crippen LogP contribution in [0.3, 0.4) is 0 Å². The summed E-state index contributed by atoms with van der Waals surface area (Å²) in [6.07, 6.45) is 0. The first-order valence-electron chi connectivity index (χ1n) is 5.86. The van der Waals surface area contributed by atoms with Crippen molar-refractivity contribution >= 4 is 5.91 Å². The second-order valence-electron chi connectivity index (χ2n) is 4.90. The number of hydrogen-bond donors (Lipinski definition) is 1. The van der Waals surface area contributed by atoms with Gasteiger partial charge < -0.3 is 9.47 Å². The largest absolute Gasteiger partial charge is 0.486 e. The van der Waals surface area contributed by atoms with Crippen molar-refractivity contribution < 1.29 is 14.3 Å². The third-order valence-electron chi connectivity index (χ3n) is 3.12. The first-order chi connectivity index (χ1) is 8.43. The molecule has 1 aromatic rings. The zero-order valence-electron chi connectivity index (χ0n) is 10.9. The molecule has 1 aliphatic heterocycles. The van der Waals surface area contributed by atoms with Crippen LogP contribution in [0.2, 0.25) is 0 Å². The minimum atomic E-state index is -0.695. The highest BCUT2D eigenvalue weighted by Gasteiger charge is 2.32. The van der Waals surface area contributed by atoms with Crippen LogP contribution in [-0.4, -0.2) is 31.2 Å². The van der Waals surface area contributed by atoms with Gasteiger partial charge >= 0.3 is 0 Å². The highest BCUT2D eigenvalue weighted by molar-refractivity contribution is 5.87. The Morgan fingerprint density at radius 1 is 1.28 bits per heavy atom. The summed E-state index contributed by atoms with van der Waals surface area (Å²) in [4.78, 5) is 12.1. The van der Waals surface area contributed by atoms with Crippen molar-refractivity contribution in [1.82, 2.24) is 5.01 Å². The molecule has 0 fully saturated rings. The molecule has 2 N–H and O–H groups in total. The third-order valence-corrected chi connectivity index (χ3v) is 3.12. The van der Waals surface area contributed by atoms with Gasteiger partial charge in [-0.25, -0.2) is 5.84 Å². The first kappa shape index (κ1) is 12.7. The molecule has 2 rings (SSSR count). The highest BCUT2D eigenvalue weighted by atomic mass is 16.6. The number of amides is 1. The molecule has 0 saturated carbocycles. The van der Waals surface area contributed by atoms with Crippen molar-refractivity contribution in [3.8, 4) is 11.5 Å². The number of nitrogens with two attached hydrogens (primary N) is 1. The summed E-state index contributed by atoms with van der Waals surface area (Å²) >= 11 is 0. The van der Waals surface area contributed by atoms with Crippen molar-refractivity contribution in [3.63, 3.8) is 0 Å². The van der Waals surface area contributed by atoms with Gasteiger partial charge in [0.25, 0.3) is 0 Å². The fourth-order valence-corrected chi connectivity index (χ4v) is 2.00. The smallest absolute Gasteiger partial charge is 0.246 e. The van der Waals surface area contributed by atoms with Gasteiger partial charge in [-0.05, 0) is 31.5 Å². The molecule has 0 radical (unpaired) electrons. The average molecular weight is 250 g/mol. The SMILES string of the molecule is CN(N)C(=O)C(C)(C)c1ccc2c(c1)OCCO2. The Bertz CT molecular complexity index is 469. The fraction of sp³-hybridized carbons (Fsp3) is 0.462. The minimum Gasteiger partial charge on any atom is -0.486 e. The first-order valence-corrected chi connectivity index (χ1v) is 5.86. The average Bonchev–Trinajstić information content (AvgIpc) is 2.37. The van der Waals surface area contributed by atoms with E-state index in [0.29, 0.717) is 24.7 Å². The number of hydrogen-bond acceptors (Lipinski definition) is 4. The molecule has 1 aliphatic rings. The van der Waals surface area contributed by atoms with Gasteiger partial charge in [0.05, 0.1) is 5.41 Å². The number of hydrazine groups is 1. The number of carbonyl (C=O) groups excluding carboxylic acids is 1. The second kappa shape index (κ2) is 4.49. The minimum absolute atomic E-state index is 0.154. The Morgan fingerprint density at radius 3 is 2.50 bits per heavy atom. The molecule has 5 heteroatoms. The van der Waals surface area contributed by atoms with Gasteiger partial charge in [-0.2, -0.15) is 0 Å². The molecule has 1 amide bonds. The van der Waals surface area contributed by atoms with E-state index in [1.807, 2.05) is 32.0 Å². The van der Waals surface area contributed by atoms with Crippen LogP contribution in [0, 0.1) is 0 Å². The van der Waals surface area contributed by atoms with Gasteiger partial charge in [0.1, 0.15) is 13.2 Å². The standard InChI is InChI=1S/C13H18N2O3/c1-13(2,12(16)15(3)14)9-4-5-10-11(8-9)18-7-6-17-10/h4-5,8H,6-7,14H2,1-3H3. The molecular formula is C13H18N2O3. The Morgan fingerprint density at radius 2 is 1.89 bits per heavy atom. The maximum Gasteiger partial charge on any atom is 0.246 e. The van der Waals surface area contributed by atoms with Gasteiger partial charge in [0.15, 0.2) is 11.5 Å². The summed E-state index contributed by atoms with van der Waals surface area (Å²) < 4.78 is 11.0. The van der Waals surface area contributed by atoms with E-state index in [1.165, 1.54) is 0 Å². The van der Waals surface area contributed by atoms with Crippen molar-refractivity contribution in [2.45, 2.75) is 19.3 Å². The molecule has 1 aromatic carbocycles. The van der Waals surface area contributed by atoms with Crippen LogP contribution in [0.15, 0.2) is 18.2 Å². The number of carbonyl (C=O) groups is 1. The molecule has 0 spiro atoms. The molecule has 0 aliphatic carbocycles. The van der Waals surface area contributed by atoms with E-state index in [1.54, 1.807) is 7.05 Å². The number of likely N-dealkylation sites (N-methyl/N-ethyl adjacent to an activating group) is 1. The van der Waals surface area contributed by atoms with E-state index in [4.69, 9.17) is 15.3 Å². The summed E-state index contributed by atoms with van der Waals surface area (Å²) in [5, 5.41) is 1.11. The topological polar surface area (TPSA) is 64.8 Å². The lowest BCUT2D eigenvalue weighted by Gasteiger charge is -2.28. The van der Waals surface area contributed by atoms with E-state index in [2.05, 4.69) is 0 Å². The van der Waals surface area contributed by atoms with E-state index < -0.39 is 5.41 Å². The molecule has 18 heavy (non-hydrogen) atoms. The van der Waals surface area contributed by atoms with E-state index >= 15 is 0 Å². The van der Waals surface area contributed by atoms with Gasteiger partial charge in [0, 0.05) is 7.05 Å². The summed E-state index contributed by atoms with van der Waals surface area (Å²) in [5.74, 6) is 6.77. The van der Waals surface area contributed by atoms with E-state index in [0.717, 1.165) is 10.6 Å². The maximum absolute atomic E-state index is 12.1. The number of benzene rings is 1. The molecular weight excluding hydrogens is 232 g/mol. The zero-order chi connectivity index (χ0) is 13.3. The van der Waals surface area contributed by atoms with Crippen LogP contribution in [0.1, 0.15) is 19.4 Å². The molecule has 0 unspecified atom stereocenters. The Kier molecular flexibility index (Phi) is 3.17. The molecule has 0 atom stereocenters. The monoisotopic (exact) mass is 250 g/mol. The molecule has 0 saturated heterocycles. The number of fused-ring (bicyclic) bond motifs is 1. The van der Waals surface area contributed by atoms with Gasteiger partial charge in [-0.15, -0.1) is 0 Å². The van der Waals surface area contributed by atoms with Crippen LogP contribution in [0.25, 0.3) is 0 Å². The third kappa shape index (κ3) is 2.13. The van der Waals surface area contributed by atoms with Crippen LogP contribution < -0.4 is 15.3 Å². The van der Waals surface area contributed by atoms with Crippen molar-refractivity contribution in [2.75, 3.05) is 20.3 Å². The lowest BCUT2D eigenvalue weighted by molar-refractivity contribution is -0.135. The zero-order valence-corrected chi connectivity index (χ0v) is 10.9. The summed E-state index contributed by atoms with van der Waals surface area (Å²) in [7, 11) is 1.54. The summed E-state index contributed by atoms with van der Waals surface area (Å²) in [5.41, 5.74) is 0.160. The number of rotatable bonds is 2. The molecule has 5 nitrogen and oxygen atoms in total. The van der Waals surface area contributed by atoms with Gasteiger partial charge in [-0.3, -0.25) is 9.80 Å². The van der Waals surface area contributed by atoms with Gasteiger partial charge in [-0.1, -0.05) is 6.07 Å². The van der Waals surface area contributed by atoms with Gasteiger partial charge in [0.2, 0.25) is 5.91 Å². The van der Waals surface area contributed by atoms with E-state index in [-0.39, 0.29) is 5.91 Å². The van der Waals surface area contributed by atoms with E-state index in [9.17, 15) is 4.79 Å². The Labute approximate surface area is 106 Å². The van der Waals surface area contributed by atoms with Crippen molar-refractivity contribution in [1.29, 1.82) is 0 Å². The molecule has 1 heterocycles. The van der Waals surface area contributed by atoms with Crippen LogP contribution in [-0.2, 0) is 10.2 Å². The van der Waals surface area contributed by atoms with Crippen molar-refractivity contribution in [2.24, 2.45) is 5.84 Å². The fourth-order valence-electron chi connectivity index (χ4n) is 2.00. The summed E-state index contributed by atoms with van der Waals surface area (Å²) in [6.45, 7) is 4.76. The quantitative estimate of drug-likeness (QED) is 0.484. The Hall–Kier alpha value is -1.75.